The van der Waals surface area contributed by atoms with Gasteiger partial charge >= 0.3 is 5.97 Å². The molecule has 19 heavy (non-hydrogen) atoms. The smallest absolute Gasteiger partial charge is 0.339 e. The highest BCUT2D eigenvalue weighted by Crippen LogP contribution is 2.30. The molecule has 0 aromatic heterocycles. The summed E-state index contributed by atoms with van der Waals surface area (Å²) in [5.74, 6) is -3.20. The molecule has 0 aliphatic carbocycles. The maximum absolute atomic E-state index is 13.6. The summed E-state index contributed by atoms with van der Waals surface area (Å²) >= 11 is 3.06. The van der Waals surface area contributed by atoms with Crippen molar-refractivity contribution in [2.45, 2.75) is 0 Å². The lowest BCUT2D eigenvalue weighted by atomic mass is 10.2. The number of para-hydroxylation sites is 1. The van der Waals surface area contributed by atoms with Crippen molar-refractivity contribution in [2.24, 2.45) is 0 Å². The summed E-state index contributed by atoms with van der Waals surface area (Å²) in [6.45, 7) is 0. The van der Waals surface area contributed by atoms with E-state index in [9.17, 15) is 13.6 Å². The van der Waals surface area contributed by atoms with E-state index >= 15 is 0 Å². The Bertz CT molecular complexity index is 624. The van der Waals surface area contributed by atoms with Gasteiger partial charge in [-0.1, -0.05) is 22.0 Å². The number of aromatic carboxylic acids is 1. The van der Waals surface area contributed by atoms with Crippen LogP contribution in [0.15, 0.2) is 40.9 Å². The Labute approximate surface area is 115 Å². The molecule has 0 saturated carbocycles. The third-order valence-electron chi connectivity index (χ3n) is 2.25. The molecule has 0 saturated heterocycles. The van der Waals surface area contributed by atoms with Gasteiger partial charge in [-0.3, -0.25) is 0 Å². The van der Waals surface area contributed by atoms with Crippen molar-refractivity contribution >= 4 is 21.9 Å². The number of halogens is 3. The molecule has 1 N–H and O–H groups in total. The first-order valence-corrected chi connectivity index (χ1v) is 5.92. The number of carbonyl (C=O) groups is 1. The van der Waals surface area contributed by atoms with Crippen LogP contribution in [-0.2, 0) is 0 Å². The molecular weight excluding hydrogens is 322 g/mol. The first kappa shape index (κ1) is 13.5. The number of rotatable bonds is 3. The van der Waals surface area contributed by atoms with Crippen LogP contribution >= 0.6 is 15.9 Å². The van der Waals surface area contributed by atoms with Crippen molar-refractivity contribution in [2.75, 3.05) is 0 Å². The number of carboxylic acids is 1. The zero-order valence-electron chi connectivity index (χ0n) is 9.36. The minimum Gasteiger partial charge on any atom is -0.478 e. The van der Waals surface area contributed by atoms with Crippen molar-refractivity contribution in [1.82, 2.24) is 0 Å². The highest BCUT2D eigenvalue weighted by Gasteiger charge is 2.16. The molecular formula is C13H7BrF2O3. The van der Waals surface area contributed by atoms with Gasteiger partial charge in [0, 0.05) is 10.5 Å². The van der Waals surface area contributed by atoms with Crippen LogP contribution in [0.4, 0.5) is 8.78 Å². The highest BCUT2D eigenvalue weighted by molar-refractivity contribution is 9.10. The maximum atomic E-state index is 13.6. The Hall–Kier alpha value is -1.95. The minimum atomic E-state index is -1.33. The Balaban J connectivity index is 2.45. The van der Waals surface area contributed by atoms with Crippen LogP contribution < -0.4 is 4.74 Å². The second-order valence-electron chi connectivity index (χ2n) is 3.63. The van der Waals surface area contributed by atoms with E-state index in [-0.39, 0.29) is 11.3 Å². The number of hydrogen-bond acceptors (Lipinski definition) is 2. The van der Waals surface area contributed by atoms with Gasteiger partial charge in [-0.2, -0.15) is 0 Å². The summed E-state index contributed by atoms with van der Waals surface area (Å²) in [5, 5.41) is 8.95. The zero-order chi connectivity index (χ0) is 14.0. The number of carboxylic acid groups (broad SMARTS) is 1. The summed E-state index contributed by atoms with van der Waals surface area (Å²) in [4.78, 5) is 11.0. The second kappa shape index (κ2) is 5.36. The van der Waals surface area contributed by atoms with E-state index in [1.165, 1.54) is 24.3 Å². The molecule has 98 valence electrons. The van der Waals surface area contributed by atoms with Gasteiger partial charge in [0.25, 0.3) is 0 Å². The first-order valence-electron chi connectivity index (χ1n) is 5.13. The van der Waals surface area contributed by atoms with Crippen LogP contribution in [0.1, 0.15) is 10.4 Å². The molecule has 0 bridgehead atoms. The molecule has 6 heteroatoms. The van der Waals surface area contributed by atoms with Crippen molar-refractivity contribution in [3.8, 4) is 11.5 Å². The van der Waals surface area contributed by atoms with Crippen molar-refractivity contribution < 1.29 is 23.4 Å². The summed E-state index contributed by atoms with van der Waals surface area (Å²) in [5.41, 5.74) is -0.333. The van der Waals surface area contributed by atoms with Gasteiger partial charge in [0.05, 0.1) is 0 Å². The fraction of sp³-hybridized carbons (Fsp3) is 0. The summed E-state index contributed by atoms with van der Waals surface area (Å²) < 4.78 is 32.3. The number of ether oxygens (including phenoxy) is 1. The van der Waals surface area contributed by atoms with Crippen LogP contribution in [0.5, 0.6) is 11.5 Å². The van der Waals surface area contributed by atoms with E-state index in [1.807, 2.05) is 0 Å². The van der Waals surface area contributed by atoms with Crippen LogP contribution in [0.2, 0.25) is 0 Å². The van der Waals surface area contributed by atoms with Gasteiger partial charge < -0.3 is 9.84 Å². The molecule has 0 aliphatic rings. The molecule has 3 nitrogen and oxygen atoms in total. The predicted octanol–water partition coefficient (Wildman–Crippen LogP) is 4.22. The van der Waals surface area contributed by atoms with E-state index in [0.717, 1.165) is 12.1 Å². The lowest BCUT2D eigenvalue weighted by molar-refractivity contribution is 0.0693. The second-order valence-corrected chi connectivity index (χ2v) is 4.54. The fourth-order valence-corrected chi connectivity index (χ4v) is 1.93. The van der Waals surface area contributed by atoms with Gasteiger partial charge in [-0.25, -0.2) is 13.6 Å². The summed E-state index contributed by atoms with van der Waals surface area (Å²) in [6, 6.07) is 7.16. The topological polar surface area (TPSA) is 46.5 Å². The SMILES string of the molecule is O=C(O)c1cccc(F)c1Oc1cc(F)cc(Br)c1. The predicted molar refractivity (Wildman–Crippen MR) is 67.5 cm³/mol. The van der Waals surface area contributed by atoms with Crippen LogP contribution in [0.25, 0.3) is 0 Å². The van der Waals surface area contributed by atoms with E-state index in [0.29, 0.717) is 4.47 Å². The molecule has 0 fully saturated rings. The Morgan fingerprint density at radius 2 is 1.95 bits per heavy atom. The van der Waals surface area contributed by atoms with Crippen LogP contribution in [0, 0.1) is 11.6 Å². The van der Waals surface area contributed by atoms with E-state index in [2.05, 4.69) is 15.9 Å². The minimum absolute atomic E-state index is 0.000486. The molecule has 0 atom stereocenters. The standard InChI is InChI=1S/C13H7BrF2O3/c14-7-4-8(15)6-9(5-7)19-12-10(13(17)18)2-1-3-11(12)16/h1-6H,(H,17,18). The number of hydrogen-bond donors (Lipinski definition) is 1. The van der Waals surface area contributed by atoms with E-state index in [4.69, 9.17) is 9.84 Å². The van der Waals surface area contributed by atoms with Crippen molar-refractivity contribution in [3.63, 3.8) is 0 Å². The molecule has 2 aromatic carbocycles. The highest BCUT2D eigenvalue weighted by atomic mass is 79.9. The fourth-order valence-electron chi connectivity index (χ4n) is 1.49. The van der Waals surface area contributed by atoms with Crippen molar-refractivity contribution in [3.05, 3.63) is 58.1 Å². The van der Waals surface area contributed by atoms with Gasteiger partial charge in [0.1, 0.15) is 17.1 Å². The molecule has 0 unspecified atom stereocenters. The Morgan fingerprint density at radius 1 is 1.21 bits per heavy atom. The molecule has 0 aliphatic heterocycles. The van der Waals surface area contributed by atoms with Crippen LogP contribution in [-0.4, -0.2) is 11.1 Å². The molecule has 0 radical (unpaired) electrons. The molecule has 2 rings (SSSR count). The maximum Gasteiger partial charge on any atom is 0.339 e. The lowest BCUT2D eigenvalue weighted by Crippen LogP contribution is -2.02. The van der Waals surface area contributed by atoms with Gasteiger partial charge in [-0.05, 0) is 24.3 Å². The third-order valence-corrected chi connectivity index (χ3v) is 2.71. The average Bonchev–Trinajstić information content (AvgIpc) is 2.30. The van der Waals surface area contributed by atoms with E-state index < -0.39 is 23.4 Å². The summed E-state index contributed by atoms with van der Waals surface area (Å²) in [6.07, 6.45) is 0. The zero-order valence-corrected chi connectivity index (χ0v) is 10.9. The molecule has 0 heterocycles. The van der Waals surface area contributed by atoms with Gasteiger partial charge in [0.2, 0.25) is 0 Å². The lowest BCUT2D eigenvalue weighted by Gasteiger charge is -2.10. The Kier molecular flexibility index (Phi) is 3.80. The quantitative estimate of drug-likeness (QED) is 0.917. The third kappa shape index (κ3) is 3.08. The molecule has 0 amide bonds. The largest absolute Gasteiger partial charge is 0.478 e. The van der Waals surface area contributed by atoms with Crippen LogP contribution in [0.3, 0.4) is 0 Å². The summed E-state index contributed by atoms with van der Waals surface area (Å²) in [7, 11) is 0. The molecule has 0 spiro atoms. The van der Waals surface area contributed by atoms with E-state index in [1.54, 1.807) is 0 Å². The first-order chi connectivity index (χ1) is 8.97. The van der Waals surface area contributed by atoms with Gasteiger partial charge in [0.15, 0.2) is 11.6 Å². The Morgan fingerprint density at radius 3 is 2.58 bits per heavy atom. The molecule has 2 aromatic rings. The number of benzene rings is 2. The van der Waals surface area contributed by atoms with Crippen molar-refractivity contribution in [1.29, 1.82) is 0 Å². The van der Waals surface area contributed by atoms with Gasteiger partial charge in [-0.15, -0.1) is 0 Å². The monoisotopic (exact) mass is 328 g/mol. The normalized spacial score (nSPS) is 10.3. The average molecular weight is 329 g/mol.